The van der Waals surface area contributed by atoms with Gasteiger partial charge in [-0.05, 0) is 100 Å². The van der Waals surface area contributed by atoms with Gasteiger partial charge in [0.1, 0.15) is 29.6 Å². The number of benzene rings is 2. The predicted molar refractivity (Wildman–Crippen MR) is 232 cm³/mol. The van der Waals surface area contributed by atoms with Gasteiger partial charge in [-0.1, -0.05) is 0 Å². The number of likely N-dealkylation sites (N-methyl/N-ethyl adjacent to an activating group) is 1. The summed E-state index contributed by atoms with van der Waals surface area (Å²) in [5.74, 6) is -4.02. The number of unbranched alkanes of at least 4 members (excludes halogenated alkanes) is 2. The van der Waals surface area contributed by atoms with Crippen molar-refractivity contribution >= 4 is 51.3 Å². The van der Waals surface area contributed by atoms with Crippen LogP contribution in [-0.4, -0.2) is 128 Å². The van der Waals surface area contributed by atoms with Crippen LogP contribution in [0.15, 0.2) is 47.4 Å². The van der Waals surface area contributed by atoms with E-state index in [4.69, 9.17) is 14.2 Å². The number of imide groups is 1. The maximum Gasteiger partial charge on any atom is 0.280 e. The highest BCUT2D eigenvalue weighted by atomic mass is 32.1. The lowest BCUT2D eigenvalue weighted by Crippen LogP contribution is -2.58. The van der Waals surface area contributed by atoms with Gasteiger partial charge in [-0.15, -0.1) is 11.3 Å². The number of aldehydes is 1. The molecule has 4 aromatic rings. The molecule has 0 radical (unpaired) electrons. The average Bonchev–Trinajstić information content (AvgIpc) is 3.81. The third kappa shape index (κ3) is 9.48. The van der Waals surface area contributed by atoms with Crippen molar-refractivity contribution in [3.8, 4) is 28.4 Å². The van der Waals surface area contributed by atoms with Gasteiger partial charge in [0.05, 0.1) is 60.4 Å². The number of carbonyl (C=O) groups excluding carboxylic acids is 5. The zero-order chi connectivity index (χ0) is 45.0. The second-order valence-electron chi connectivity index (χ2n) is 16.1. The second-order valence-corrected chi connectivity index (χ2v) is 17.2. The Morgan fingerprint density at radius 2 is 1.68 bits per heavy atom. The Morgan fingerprint density at radius 3 is 2.33 bits per heavy atom. The van der Waals surface area contributed by atoms with E-state index < -0.39 is 48.2 Å². The minimum atomic E-state index is -3.20. The Hall–Kier alpha value is -5.72. The molecule has 5 heterocycles. The number of pyridine rings is 1. The van der Waals surface area contributed by atoms with Crippen LogP contribution in [0.1, 0.15) is 80.9 Å². The molecule has 2 aromatic carbocycles. The molecule has 0 saturated carbocycles. The average molecular weight is 891 g/mol. The lowest BCUT2D eigenvalue weighted by molar-refractivity contribution is -0.124. The molecule has 63 heavy (non-hydrogen) atoms. The van der Waals surface area contributed by atoms with E-state index in [1.54, 1.807) is 38.4 Å². The molecule has 2 N–H and O–H groups in total. The molecule has 4 amide bonds. The molecule has 336 valence electrons. The normalized spacial score (nSPS) is 17.9. The van der Waals surface area contributed by atoms with E-state index in [2.05, 4.69) is 15.5 Å². The molecule has 3 aliphatic heterocycles. The quantitative estimate of drug-likeness (QED) is 0.0749. The number of alkyl halides is 2. The number of carbonyl (C=O) groups is 5. The molecule has 2 fully saturated rings. The number of piperidine rings is 1. The standard InChI is InChI=1S/C45H52F2N6O9S/c1-48-40(55)34(10-8-18-54)53-43(58)29-12-11-28(22-30(29)44(53)59)62-19-7-5-6-14-52-17-13-38(45(46,47)26-52)49-41(56)37-23-31-39(63-37)32(24-50(2)42(31)57)27-20-35(60-3)33(36(21-27)61-4)25-51-15-9-16-51/h11-12,18,20-24,34,38H,5-10,13-17,19,25-26H2,1-4H3,(H,48,55)(H,49,56). The largest absolute Gasteiger partial charge is 0.496 e. The molecule has 0 spiro atoms. The molecular formula is C45H52F2N6O9S. The fourth-order valence-electron chi connectivity index (χ4n) is 8.42. The summed E-state index contributed by atoms with van der Waals surface area (Å²) in [6, 6.07) is 7.27. The van der Waals surface area contributed by atoms with Crippen LogP contribution in [0.5, 0.6) is 17.2 Å². The van der Waals surface area contributed by atoms with Gasteiger partial charge in [0, 0.05) is 50.1 Å². The summed E-state index contributed by atoms with van der Waals surface area (Å²) in [5, 5.41) is 5.32. The number of aromatic nitrogens is 1. The summed E-state index contributed by atoms with van der Waals surface area (Å²) >= 11 is 1.09. The van der Waals surface area contributed by atoms with E-state index in [1.807, 2.05) is 12.1 Å². The van der Waals surface area contributed by atoms with Gasteiger partial charge in [-0.2, -0.15) is 0 Å². The topological polar surface area (TPSA) is 169 Å². The lowest BCUT2D eigenvalue weighted by atomic mass is 10.00. The van der Waals surface area contributed by atoms with E-state index in [0.29, 0.717) is 78.1 Å². The lowest BCUT2D eigenvalue weighted by Gasteiger charge is -2.38. The molecule has 2 saturated heterocycles. The van der Waals surface area contributed by atoms with Crippen molar-refractivity contribution in [1.82, 2.24) is 29.9 Å². The van der Waals surface area contributed by atoms with Crippen LogP contribution in [0.25, 0.3) is 21.2 Å². The Labute approximate surface area is 367 Å². The SMILES string of the molecule is CNC(=O)C(CCC=O)N1C(=O)c2ccc(OCCCCCN3CCC(NC(=O)c4cc5c(=O)n(C)cc(-c6cc(OC)c(CN7CCC7)c(OC)c6)c5s4)C(F)(F)C3)cc2C1=O. The van der Waals surface area contributed by atoms with Crippen LogP contribution >= 0.6 is 11.3 Å². The van der Waals surface area contributed by atoms with Gasteiger partial charge in [0.2, 0.25) is 5.91 Å². The van der Waals surface area contributed by atoms with Crippen LogP contribution in [-0.2, 0) is 23.2 Å². The van der Waals surface area contributed by atoms with Gasteiger partial charge >= 0.3 is 0 Å². The molecule has 2 atom stereocenters. The predicted octanol–water partition coefficient (Wildman–Crippen LogP) is 4.87. The molecule has 18 heteroatoms. The molecule has 2 unspecified atom stereocenters. The Morgan fingerprint density at radius 1 is 0.952 bits per heavy atom. The van der Waals surface area contributed by atoms with Crippen molar-refractivity contribution in [3.05, 3.63) is 74.5 Å². The molecule has 15 nitrogen and oxygen atoms in total. The van der Waals surface area contributed by atoms with Gasteiger partial charge < -0.3 is 34.2 Å². The highest BCUT2D eigenvalue weighted by Crippen LogP contribution is 2.41. The zero-order valence-corrected chi connectivity index (χ0v) is 36.6. The van der Waals surface area contributed by atoms with Crippen molar-refractivity contribution in [2.45, 2.75) is 69.5 Å². The molecule has 0 bridgehead atoms. The van der Waals surface area contributed by atoms with Crippen molar-refractivity contribution in [2.75, 3.05) is 60.6 Å². The third-order valence-corrected chi connectivity index (χ3v) is 13.2. The van der Waals surface area contributed by atoms with Gasteiger partial charge in [-0.25, -0.2) is 8.78 Å². The van der Waals surface area contributed by atoms with E-state index >= 15 is 8.78 Å². The number of hydrogen-bond acceptors (Lipinski definition) is 12. The van der Waals surface area contributed by atoms with E-state index in [9.17, 15) is 28.8 Å². The van der Waals surface area contributed by atoms with Crippen LogP contribution < -0.4 is 30.4 Å². The first-order valence-electron chi connectivity index (χ1n) is 21.1. The number of fused-ring (bicyclic) bond motifs is 2. The minimum absolute atomic E-state index is 0.00285. The first-order chi connectivity index (χ1) is 30.3. The number of ether oxygens (including phenoxy) is 3. The fraction of sp³-hybridized carbons (Fsp3) is 0.467. The number of amides is 4. The van der Waals surface area contributed by atoms with Gasteiger partial charge in [-0.3, -0.25) is 38.7 Å². The van der Waals surface area contributed by atoms with Gasteiger partial charge in [0.25, 0.3) is 29.2 Å². The van der Waals surface area contributed by atoms with Crippen LogP contribution in [0.3, 0.4) is 0 Å². The van der Waals surface area contributed by atoms with Crippen molar-refractivity contribution in [3.63, 3.8) is 0 Å². The Bertz CT molecular complexity index is 2440. The minimum Gasteiger partial charge on any atom is -0.496 e. The fourth-order valence-corrected chi connectivity index (χ4v) is 9.51. The maximum absolute atomic E-state index is 15.6. The third-order valence-electron chi connectivity index (χ3n) is 12.0. The Balaban J connectivity index is 0.914. The van der Waals surface area contributed by atoms with Gasteiger partial charge in [0.15, 0.2) is 0 Å². The maximum atomic E-state index is 15.6. The molecule has 3 aliphatic rings. The molecular weight excluding hydrogens is 839 g/mol. The number of halogens is 2. The zero-order valence-electron chi connectivity index (χ0n) is 35.8. The number of aryl methyl sites for hydroxylation is 1. The summed E-state index contributed by atoms with van der Waals surface area (Å²) in [6.07, 6.45) is 5.43. The highest BCUT2D eigenvalue weighted by Gasteiger charge is 2.46. The summed E-state index contributed by atoms with van der Waals surface area (Å²) in [4.78, 5) is 81.5. The van der Waals surface area contributed by atoms with E-state index in [0.717, 1.165) is 46.9 Å². The summed E-state index contributed by atoms with van der Waals surface area (Å²) in [5.41, 5.74) is 2.27. The first-order valence-corrected chi connectivity index (χ1v) is 21.9. The highest BCUT2D eigenvalue weighted by molar-refractivity contribution is 7.21. The van der Waals surface area contributed by atoms with Crippen molar-refractivity contribution < 1.29 is 47.0 Å². The molecule has 2 aromatic heterocycles. The van der Waals surface area contributed by atoms with E-state index in [-0.39, 0.29) is 47.4 Å². The van der Waals surface area contributed by atoms with Crippen LogP contribution in [0.4, 0.5) is 8.78 Å². The second kappa shape index (κ2) is 19.3. The summed E-state index contributed by atoms with van der Waals surface area (Å²) in [7, 11) is 6.21. The Kier molecular flexibility index (Phi) is 13.9. The van der Waals surface area contributed by atoms with Crippen LogP contribution in [0.2, 0.25) is 0 Å². The molecule has 7 rings (SSSR count). The number of hydrogen-bond donors (Lipinski definition) is 2. The number of thiophene rings is 1. The van der Waals surface area contributed by atoms with Crippen molar-refractivity contribution in [2.24, 2.45) is 7.05 Å². The van der Waals surface area contributed by atoms with E-state index in [1.165, 1.54) is 29.8 Å². The van der Waals surface area contributed by atoms with Crippen LogP contribution in [0, 0.1) is 0 Å². The first kappa shape index (κ1) is 45.3. The number of nitrogens with zero attached hydrogens (tertiary/aromatic N) is 4. The molecule has 0 aliphatic carbocycles. The number of nitrogens with one attached hydrogen (secondary N) is 2. The smallest absolute Gasteiger partial charge is 0.280 e. The summed E-state index contributed by atoms with van der Waals surface area (Å²) < 4.78 is 50.6. The summed E-state index contributed by atoms with van der Waals surface area (Å²) in [6.45, 7) is 3.22. The number of likely N-dealkylation sites (tertiary alicyclic amines) is 2. The number of rotatable bonds is 19. The monoisotopic (exact) mass is 890 g/mol. The number of methoxy groups -OCH3 is 2. The van der Waals surface area contributed by atoms with Crippen molar-refractivity contribution in [1.29, 1.82) is 0 Å².